The average Bonchev–Trinajstić information content (AvgIpc) is 2.50. The van der Waals surface area contributed by atoms with Crippen molar-refractivity contribution in [1.29, 1.82) is 0 Å². The molecule has 0 aromatic heterocycles. The van der Waals surface area contributed by atoms with Gasteiger partial charge < -0.3 is 5.11 Å². The van der Waals surface area contributed by atoms with Crippen LogP contribution in [-0.2, 0) is 4.79 Å². The molecular weight excluding hydrogens is 272 g/mol. The molecule has 0 rings (SSSR count). The maximum absolute atomic E-state index is 10.7. The second-order valence-electron chi connectivity index (χ2n) is 5.80. The van der Waals surface area contributed by atoms with E-state index in [4.69, 9.17) is 5.11 Å². The highest BCUT2D eigenvalue weighted by Crippen LogP contribution is 2.17. The van der Waals surface area contributed by atoms with Gasteiger partial charge in [-0.2, -0.15) is 0 Å². The third kappa shape index (κ3) is 15.1. The summed E-state index contributed by atoms with van der Waals surface area (Å²) in [7, 11) is 0. The van der Waals surface area contributed by atoms with E-state index in [1.165, 1.54) is 12.8 Å². The number of hydrogen-bond acceptors (Lipinski definition) is 1. The van der Waals surface area contributed by atoms with Crippen molar-refractivity contribution in [2.24, 2.45) is 5.92 Å². The van der Waals surface area contributed by atoms with Crippen molar-refractivity contribution in [3.8, 4) is 0 Å². The van der Waals surface area contributed by atoms with Gasteiger partial charge in [0.1, 0.15) is 0 Å². The zero-order valence-corrected chi connectivity index (χ0v) is 14.5. The van der Waals surface area contributed by atoms with E-state index in [1.54, 1.807) is 0 Å². The average molecular weight is 306 g/mol. The molecule has 2 heteroatoms. The maximum atomic E-state index is 10.7. The van der Waals surface area contributed by atoms with Crippen molar-refractivity contribution < 1.29 is 9.90 Å². The number of unbranched alkanes of at least 4 members (excludes halogenated alkanes) is 3. The standard InChI is InChI=1S/C20H34O2/c1-3-5-6-7-8-9-10-11-12-13-14-15-16-17-19(4-2)18-20(21)22/h5-6,8-9,11-12,19H,3-4,7,10,13-18H2,1-2H3,(H,21,22)/b6-5-,9-8-,12-11-. The minimum Gasteiger partial charge on any atom is -0.481 e. The van der Waals surface area contributed by atoms with Crippen LogP contribution in [0.1, 0.15) is 78.1 Å². The first kappa shape index (κ1) is 20.7. The van der Waals surface area contributed by atoms with Gasteiger partial charge in [0.25, 0.3) is 0 Å². The van der Waals surface area contributed by atoms with Gasteiger partial charge in [0, 0.05) is 6.42 Å². The molecule has 0 aliphatic carbocycles. The lowest BCUT2D eigenvalue weighted by atomic mass is 9.95. The van der Waals surface area contributed by atoms with Crippen molar-refractivity contribution in [1.82, 2.24) is 0 Å². The monoisotopic (exact) mass is 306 g/mol. The van der Waals surface area contributed by atoms with Gasteiger partial charge in [-0.25, -0.2) is 0 Å². The number of carboxylic acids is 1. The molecule has 1 atom stereocenters. The molecule has 0 aromatic carbocycles. The Hall–Kier alpha value is -1.31. The summed E-state index contributed by atoms with van der Waals surface area (Å²) in [5.74, 6) is -0.298. The smallest absolute Gasteiger partial charge is 0.303 e. The second-order valence-corrected chi connectivity index (χ2v) is 5.80. The molecule has 0 amide bonds. The number of carboxylic acid groups (broad SMARTS) is 1. The predicted octanol–water partition coefficient (Wildman–Crippen LogP) is 6.30. The van der Waals surface area contributed by atoms with Crippen LogP contribution in [0.2, 0.25) is 0 Å². The molecular formula is C20H34O2. The minimum atomic E-state index is -0.659. The molecule has 0 saturated heterocycles. The van der Waals surface area contributed by atoms with Crippen molar-refractivity contribution in [2.75, 3.05) is 0 Å². The number of hydrogen-bond donors (Lipinski definition) is 1. The summed E-state index contributed by atoms with van der Waals surface area (Å²) in [5.41, 5.74) is 0. The molecule has 0 aromatic rings. The highest BCUT2D eigenvalue weighted by atomic mass is 16.4. The number of rotatable bonds is 14. The van der Waals surface area contributed by atoms with Crippen LogP contribution < -0.4 is 0 Å². The van der Waals surface area contributed by atoms with E-state index >= 15 is 0 Å². The van der Waals surface area contributed by atoms with Gasteiger partial charge in [0.15, 0.2) is 0 Å². The first-order valence-electron chi connectivity index (χ1n) is 8.87. The van der Waals surface area contributed by atoms with Gasteiger partial charge in [-0.3, -0.25) is 4.79 Å². The first-order valence-corrected chi connectivity index (χ1v) is 8.87. The van der Waals surface area contributed by atoms with Crippen LogP contribution in [0.3, 0.4) is 0 Å². The quantitative estimate of drug-likeness (QED) is 0.302. The van der Waals surface area contributed by atoms with Gasteiger partial charge in [-0.05, 0) is 44.4 Å². The Bertz CT molecular complexity index is 340. The summed E-state index contributed by atoms with van der Waals surface area (Å²) in [6.07, 6.45) is 23.6. The summed E-state index contributed by atoms with van der Waals surface area (Å²) in [6, 6.07) is 0. The van der Waals surface area contributed by atoms with Crippen LogP contribution in [-0.4, -0.2) is 11.1 Å². The zero-order valence-electron chi connectivity index (χ0n) is 14.5. The Kier molecular flexibility index (Phi) is 15.1. The van der Waals surface area contributed by atoms with Crippen molar-refractivity contribution in [2.45, 2.75) is 78.1 Å². The zero-order chi connectivity index (χ0) is 16.5. The number of aliphatic carboxylic acids is 1. The summed E-state index contributed by atoms with van der Waals surface area (Å²) >= 11 is 0. The Morgan fingerprint density at radius 3 is 2.14 bits per heavy atom. The van der Waals surface area contributed by atoms with Gasteiger partial charge in [-0.1, -0.05) is 69.6 Å². The van der Waals surface area contributed by atoms with E-state index in [2.05, 4.69) is 50.3 Å². The SMILES string of the molecule is CC/C=C\C/C=C\C/C=C\CCCCCC(CC)CC(=O)O. The summed E-state index contributed by atoms with van der Waals surface area (Å²) in [4.78, 5) is 10.7. The van der Waals surface area contributed by atoms with Crippen molar-refractivity contribution in [3.05, 3.63) is 36.5 Å². The highest BCUT2D eigenvalue weighted by molar-refractivity contribution is 5.66. The van der Waals surface area contributed by atoms with Crippen LogP contribution >= 0.6 is 0 Å². The third-order valence-electron chi connectivity index (χ3n) is 3.80. The van der Waals surface area contributed by atoms with E-state index in [0.29, 0.717) is 12.3 Å². The van der Waals surface area contributed by atoms with E-state index < -0.39 is 5.97 Å². The Labute approximate surface area is 137 Å². The molecule has 0 radical (unpaired) electrons. The second kappa shape index (κ2) is 16.1. The Morgan fingerprint density at radius 1 is 0.909 bits per heavy atom. The topological polar surface area (TPSA) is 37.3 Å². The van der Waals surface area contributed by atoms with E-state index in [-0.39, 0.29) is 0 Å². The van der Waals surface area contributed by atoms with E-state index in [0.717, 1.165) is 44.9 Å². The molecule has 0 heterocycles. The molecule has 22 heavy (non-hydrogen) atoms. The molecule has 0 fully saturated rings. The predicted molar refractivity (Wildman–Crippen MR) is 96.1 cm³/mol. The lowest BCUT2D eigenvalue weighted by Crippen LogP contribution is -2.06. The number of carbonyl (C=O) groups is 1. The first-order chi connectivity index (χ1) is 10.7. The fourth-order valence-electron chi connectivity index (χ4n) is 2.40. The highest BCUT2D eigenvalue weighted by Gasteiger charge is 2.10. The lowest BCUT2D eigenvalue weighted by Gasteiger charge is -2.11. The molecule has 0 aliphatic heterocycles. The van der Waals surface area contributed by atoms with Gasteiger partial charge in [-0.15, -0.1) is 0 Å². The minimum absolute atomic E-state index is 0.330. The Morgan fingerprint density at radius 2 is 1.55 bits per heavy atom. The summed E-state index contributed by atoms with van der Waals surface area (Å²) < 4.78 is 0. The molecule has 0 saturated carbocycles. The lowest BCUT2D eigenvalue weighted by molar-refractivity contribution is -0.138. The Balaban J connectivity index is 3.46. The third-order valence-corrected chi connectivity index (χ3v) is 3.80. The summed E-state index contributed by atoms with van der Waals surface area (Å²) in [6.45, 7) is 4.24. The number of allylic oxidation sites excluding steroid dienone is 6. The normalized spacial score (nSPS) is 13.5. The van der Waals surface area contributed by atoms with E-state index in [9.17, 15) is 4.79 Å². The van der Waals surface area contributed by atoms with Gasteiger partial charge in [0.05, 0.1) is 0 Å². The molecule has 0 aliphatic rings. The fourth-order valence-corrected chi connectivity index (χ4v) is 2.40. The van der Waals surface area contributed by atoms with Gasteiger partial charge >= 0.3 is 5.97 Å². The van der Waals surface area contributed by atoms with Crippen LogP contribution in [0.5, 0.6) is 0 Å². The maximum Gasteiger partial charge on any atom is 0.303 e. The summed E-state index contributed by atoms with van der Waals surface area (Å²) in [5, 5.41) is 8.80. The molecule has 1 unspecified atom stereocenters. The van der Waals surface area contributed by atoms with Crippen LogP contribution in [0, 0.1) is 5.92 Å². The largest absolute Gasteiger partial charge is 0.481 e. The van der Waals surface area contributed by atoms with Crippen LogP contribution in [0.4, 0.5) is 0 Å². The van der Waals surface area contributed by atoms with E-state index in [1.807, 2.05) is 0 Å². The molecule has 0 bridgehead atoms. The van der Waals surface area contributed by atoms with Gasteiger partial charge in [0.2, 0.25) is 0 Å². The molecule has 1 N–H and O–H groups in total. The van der Waals surface area contributed by atoms with Crippen molar-refractivity contribution in [3.63, 3.8) is 0 Å². The fraction of sp³-hybridized carbons (Fsp3) is 0.650. The molecule has 2 nitrogen and oxygen atoms in total. The molecule has 0 spiro atoms. The molecule has 126 valence electrons. The van der Waals surface area contributed by atoms with Crippen molar-refractivity contribution >= 4 is 5.97 Å². The van der Waals surface area contributed by atoms with Crippen LogP contribution in [0.25, 0.3) is 0 Å². The van der Waals surface area contributed by atoms with Crippen LogP contribution in [0.15, 0.2) is 36.5 Å².